The first kappa shape index (κ1) is 18.8. The second kappa shape index (κ2) is 8.50. The van der Waals surface area contributed by atoms with E-state index in [9.17, 15) is 14.4 Å². The van der Waals surface area contributed by atoms with E-state index in [2.05, 4.69) is 24.5 Å². The second-order valence-electron chi connectivity index (χ2n) is 6.54. The number of rotatable bonds is 5. The zero-order valence-electron chi connectivity index (χ0n) is 14.6. The molecule has 1 saturated carbocycles. The van der Waals surface area contributed by atoms with Crippen molar-refractivity contribution in [1.82, 2.24) is 10.6 Å². The average molecular weight is 347 g/mol. The summed E-state index contributed by atoms with van der Waals surface area (Å²) in [6.07, 6.45) is 3.14. The normalized spacial score (nSPS) is 22.7. The molecule has 0 heterocycles. The molecule has 0 aromatic heterocycles. The minimum absolute atomic E-state index is 0.0630. The van der Waals surface area contributed by atoms with E-state index < -0.39 is 17.8 Å². The summed E-state index contributed by atoms with van der Waals surface area (Å²) in [4.78, 5) is 35.2. The molecule has 136 valence electrons. The second-order valence-corrected chi connectivity index (χ2v) is 6.54. The standard InChI is InChI=1S/C18H25N3O4/c1-11-6-5-8-14(12(11)2)20-18(24)21-16(22)10-25-15-9-4-3-7-13(15)17(19)23/h3-4,7,9,11-12,14H,5-6,8,10H2,1-2H3,(H2,19,23)(H2,20,21,22,24)/t11-,12+,14-/m1/s1. The van der Waals surface area contributed by atoms with Crippen LogP contribution in [-0.4, -0.2) is 30.5 Å². The van der Waals surface area contributed by atoms with Crippen molar-refractivity contribution in [3.63, 3.8) is 0 Å². The van der Waals surface area contributed by atoms with Gasteiger partial charge in [-0.25, -0.2) is 4.79 Å². The van der Waals surface area contributed by atoms with Crippen LogP contribution in [0, 0.1) is 11.8 Å². The third-order valence-corrected chi connectivity index (χ3v) is 4.79. The Labute approximate surface area is 147 Å². The number of amides is 4. The van der Waals surface area contributed by atoms with Gasteiger partial charge in [-0.05, 0) is 30.4 Å². The lowest BCUT2D eigenvalue weighted by Crippen LogP contribution is -2.50. The lowest BCUT2D eigenvalue weighted by atomic mass is 9.78. The van der Waals surface area contributed by atoms with Crippen LogP contribution in [0.5, 0.6) is 5.75 Å². The zero-order valence-corrected chi connectivity index (χ0v) is 14.6. The number of hydrogen-bond donors (Lipinski definition) is 3. The summed E-state index contributed by atoms with van der Waals surface area (Å²) in [5.41, 5.74) is 5.43. The Balaban J connectivity index is 1.82. The van der Waals surface area contributed by atoms with Crippen LogP contribution in [-0.2, 0) is 4.79 Å². The number of hydrogen-bond acceptors (Lipinski definition) is 4. The SMILES string of the molecule is C[C@H]1[C@H](C)CCC[C@H]1NC(=O)NC(=O)COc1ccccc1C(N)=O. The molecule has 4 N–H and O–H groups in total. The number of benzene rings is 1. The Hall–Kier alpha value is -2.57. The maximum atomic E-state index is 12.0. The number of nitrogens with one attached hydrogen (secondary N) is 2. The van der Waals surface area contributed by atoms with Crippen molar-refractivity contribution in [3.8, 4) is 5.75 Å². The summed E-state index contributed by atoms with van der Waals surface area (Å²) in [7, 11) is 0. The molecule has 0 unspecified atom stereocenters. The van der Waals surface area contributed by atoms with Gasteiger partial charge in [0.1, 0.15) is 5.75 Å². The van der Waals surface area contributed by atoms with Crippen molar-refractivity contribution in [2.45, 2.75) is 39.2 Å². The first-order valence-electron chi connectivity index (χ1n) is 8.50. The summed E-state index contributed by atoms with van der Waals surface area (Å²) < 4.78 is 5.30. The first-order chi connectivity index (χ1) is 11.9. The van der Waals surface area contributed by atoms with Gasteiger partial charge < -0.3 is 15.8 Å². The predicted molar refractivity (Wildman–Crippen MR) is 93.1 cm³/mol. The average Bonchev–Trinajstić information content (AvgIpc) is 2.57. The molecule has 7 heteroatoms. The molecule has 25 heavy (non-hydrogen) atoms. The number of carbonyl (C=O) groups is 3. The number of carbonyl (C=O) groups excluding carboxylic acids is 3. The molecule has 0 saturated heterocycles. The van der Waals surface area contributed by atoms with E-state index in [1.54, 1.807) is 18.2 Å². The third-order valence-electron chi connectivity index (χ3n) is 4.79. The van der Waals surface area contributed by atoms with Gasteiger partial charge in [0.15, 0.2) is 6.61 Å². The van der Waals surface area contributed by atoms with Crippen molar-refractivity contribution >= 4 is 17.8 Å². The monoisotopic (exact) mass is 347 g/mol. The van der Waals surface area contributed by atoms with E-state index in [0.717, 1.165) is 19.3 Å². The molecule has 0 radical (unpaired) electrons. The molecule has 3 atom stereocenters. The lowest BCUT2D eigenvalue weighted by Gasteiger charge is -2.34. The van der Waals surface area contributed by atoms with Gasteiger partial charge in [-0.2, -0.15) is 0 Å². The first-order valence-corrected chi connectivity index (χ1v) is 8.50. The van der Waals surface area contributed by atoms with Crippen molar-refractivity contribution in [2.24, 2.45) is 17.6 Å². The maximum absolute atomic E-state index is 12.0. The molecule has 1 aliphatic carbocycles. The molecule has 4 amide bonds. The quantitative estimate of drug-likeness (QED) is 0.754. The molecular weight excluding hydrogens is 322 g/mol. The van der Waals surface area contributed by atoms with E-state index in [-0.39, 0.29) is 24.0 Å². The van der Waals surface area contributed by atoms with Gasteiger partial charge in [-0.1, -0.05) is 38.8 Å². The molecule has 1 aliphatic rings. The Morgan fingerprint density at radius 2 is 1.92 bits per heavy atom. The third kappa shape index (κ3) is 5.20. The zero-order chi connectivity index (χ0) is 18.4. The Morgan fingerprint density at radius 1 is 1.20 bits per heavy atom. The van der Waals surface area contributed by atoms with Gasteiger partial charge >= 0.3 is 6.03 Å². The Bertz CT molecular complexity index is 647. The smallest absolute Gasteiger partial charge is 0.321 e. The summed E-state index contributed by atoms with van der Waals surface area (Å²) in [6, 6.07) is 5.90. The fraction of sp³-hybridized carbons (Fsp3) is 0.500. The Morgan fingerprint density at radius 3 is 2.64 bits per heavy atom. The summed E-state index contributed by atoms with van der Waals surface area (Å²) >= 11 is 0. The van der Waals surface area contributed by atoms with Crippen LogP contribution in [0.25, 0.3) is 0 Å². The van der Waals surface area contributed by atoms with Gasteiger partial charge in [0.2, 0.25) is 0 Å². The predicted octanol–water partition coefficient (Wildman–Crippen LogP) is 1.81. The van der Waals surface area contributed by atoms with Crippen molar-refractivity contribution in [2.75, 3.05) is 6.61 Å². The van der Waals surface area contributed by atoms with E-state index in [4.69, 9.17) is 10.5 Å². The number of para-hydroxylation sites is 1. The number of nitrogens with two attached hydrogens (primary N) is 1. The lowest BCUT2D eigenvalue weighted by molar-refractivity contribution is -0.122. The van der Waals surface area contributed by atoms with Crippen LogP contribution < -0.4 is 21.1 Å². The Kier molecular flexibility index (Phi) is 6.38. The molecule has 1 aromatic rings. The highest BCUT2D eigenvalue weighted by Gasteiger charge is 2.28. The number of urea groups is 1. The molecule has 0 bridgehead atoms. The fourth-order valence-corrected chi connectivity index (χ4v) is 3.09. The van der Waals surface area contributed by atoms with Crippen molar-refractivity contribution in [1.29, 1.82) is 0 Å². The topological polar surface area (TPSA) is 111 Å². The largest absolute Gasteiger partial charge is 0.483 e. The van der Waals surface area contributed by atoms with Crippen molar-refractivity contribution in [3.05, 3.63) is 29.8 Å². The van der Waals surface area contributed by atoms with Gasteiger partial charge in [0.25, 0.3) is 11.8 Å². The highest BCUT2D eigenvalue weighted by Crippen LogP contribution is 2.29. The minimum Gasteiger partial charge on any atom is -0.483 e. The van der Waals surface area contributed by atoms with Gasteiger partial charge in [-0.15, -0.1) is 0 Å². The fourth-order valence-electron chi connectivity index (χ4n) is 3.09. The van der Waals surface area contributed by atoms with Crippen LogP contribution in [0.2, 0.25) is 0 Å². The van der Waals surface area contributed by atoms with Crippen LogP contribution >= 0.6 is 0 Å². The van der Waals surface area contributed by atoms with Crippen LogP contribution in [0.3, 0.4) is 0 Å². The summed E-state index contributed by atoms with van der Waals surface area (Å²) in [5, 5.41) is 5.11. The maximum Gasteiger partial charge on any atom is 0.321 e. The van der Waals surface area contributed by atoms with Crippen LogP contribution in [0.15, 0.2) is 24.3 Å². The van der Waals surface area contributed by atoms with E-state index in [1.807, 2.05) is 0 Å². The minimum atomic E-state index is -0.644. The molecule has 7 nitrogen and oxygen atoms in total. The summed E-state index contributed by atoms with van der Waals surface area (Å²) in [5.74, 6) is -0.112. The van der Waals surface area contributed by atoms with E-state index in [1.165, 1.54) is 6.07 Å². The molecule has 2 rings (SSSR count). The number of primary amides is 1. The molecule has 1 fully saturated rings. The highest BCUT2D eigenvalue weighted by atomic mass is 16.5. The van der Waals surface area contributed by atoms with Gasteiger partial charge in [0.05, 0.1) is 5.56 Å². The molecular formula is C18H25N3O4. The van der Waals surface area contributed by atoms with Crippen LogP contribution in [0.1, 0.15) is 43.5 Å². The van der Waals surface area contributed by atoms with Gasteiger partial charge in [-0.3, -0.25) is 14.9 Å². The van der Waals surface area contributed by atoms with Crippen molar-refractivity contribution < 1.29 is 19.1 Å². The number of imide groups is 1. The highest BCUT2D eigenvalue weighted by molar-refractivity contribution is 5.96. The van der Waals surface area contributed by atoms with Gasteiger partial charge in [0, 0.05) is 6.04 Å². The van der Waals surface area contributed by atoms with Crippen LogP contribution in [0.4, 0.5) is 4.79 Å². The molecule has 0 aliphatic heterocycles. The summed E-state index contributed by atoms with van der Waals surface area (Å²) in [6.45, 7) is 3.90. The molecule has 0 spiro atoms. The van der Waals surface area contributed by atoms with E-state index >= 15 is 0 Å². The molecule has 1 aromatic carbocycles. The number of ether oxygens (including phenoxy) is 1. The van der Waals surface area contributed by atoms with E-state index in [0.29, 0.717) is 11.8 Å².